The lowest BCUT2D eigenvalue weighted by atomic mass is 9.92. The lowest BCUT2D eigenvalue weighted by Crippen LogP contribution is -2.41. The van der Waals surface area contributed by atoms with E-state index in [4.69, 9.17) is 22.5 Å². The zero-order chi connectivity index (χ0) is 14.5. The maximum absolute atomic E-state index is 9.91. The molecule has 0 saturated heterocycles. The highest BCUT2D eigenvalue weighted by atomic mass is 35.5. The van der Waals surface area contributed by atoms with Crippen LogP contribution in [0.25, 0.3) is 0 Å². The van der Waals surface area contributed by atoms with Crippen molar-refractivity contribution in [2.75, 3.05) is 0 Å². The molecule has 1 aromatic carbocycles. The predicted molar refractivity (Wildman–Crippen MR) is 79.1 cm³/mol. The van der Waals surface area contributed by atoms with E-state index in [-0.39, 0.29) is 18.0 Å². The van der Waals surface area contributed by atoms with Crippen LogP contribution in [0.1, 0.15) is 36.8 Å². The summed E-state index contributed by atoms with van der Waals surface area (Å²) in [7, 11) is 0. The number of amidine groups is 1. The van der Waals surface area contributed by atoms with E-state index in [0.29, 0.717) is 17.1 Å². The maximum atomic E-state index is 9.91. The molecule has 0 amide bonds. The first kappa shape index (κ1) is 15.1. The van der Waals surface area contributed by atoms with E-state index in [0.717, 1.165) is 31.2 Å². The summed E-state index contributed by atoms with van der Waals surface area (Å²) < 4.78 is 0. The third kappa shape index (κ3) is 3.62. The fraction of sp³-hybridized carbons (Fsp3) is 0.500. The Kier molecular flexibility index (Phi) is 5.23. The molecular formula is C14H20ClN3O2. The Morgan fingerprint density at radius 2 is 2.15 bits per heavy atom. The van der Waals surface area contributed by atoms with Gasteiger partial charge in [0.05, 0.1) is 6.10 Å². The van der Waals surface area contributed by atoms with Crippen LogP contribution in [-0.2, 0) is 6.54 Å². The highest BCUT2D eigenvalue weighted by Gasteiger charge is 2.22. The minimum Gasteiger partial charge on any atom is -0.409 e. The first-order valence-electron chi connectivity index (χ1n) is 6.79. The second-order valence-electron chi connectivity index (χ2n) is 5.13. The van der Waals surface area contributed by atoms with Gasteiger partial charge in [0, 0.05) is 23.2 Å². The van der Waals surface area contributed by atoms with Crippen molar-refractivity contribution in [1.29, 1.82) is 0 Å². The van der Waals surface area contributed by atoms with Crippen LogP contribution in [0.3, 0.4) is 0 Å². The van der Waals surface area contributed by atoms with Gasteiger partial charge in [-0.2, -0.15) is 0 Å². The zero-order valence-corrected chi connectivity index (χ0v) is 12.0. The summed E-state index contributed by atoms with van der Waals surface area (Å²) in [5, 5.41) is 25.4. The van der Waals surface area contributed by atoms with Crippen molar-refractivity contribution in [3.05, 3.63) is 34.3 Å². The third-order valence-electron chi connectivity index (χ3n) is 3.74. The SMILES string of the molecule is N/C(=N/O)c1ccc(CNC2CCCCC2O)c(Cl)c1. The number of aliphatic hydroxyl groups is 1. The van der Waals surface area contributed by atoms with E-state index in [1.807, 2.05) is 6.07 Å². The smallest absolute Gasteiger partial charge is 0.170 e. The molecule has 5 N–H and O–H groups in total. The van der Waals surface area contributed by atoms with Crippen molar-refractivity contribution in [1.82, 2.24) is 5.32 Å². The summed E-state index contributed by atoms with van der Waals surface area (Å²) in [5.74, 6) is 0.0362. The number of nitrogens with one attached hydrogen (secondary N) is 1. The quantitative estimate of drug-likeness (QED) is 0.295. The van der Waals surface area contributed by atoms with Gasteiger partial charge in [0.1, 0.15) is 0 Å². The second kappa shape index (κ2) is 6.92. The van der Waals surface area contributed by atoms with Crippen molar-refractivity contribution in [2.45, 2.75) is 44.4 Å². The monoisotopic (exact) mass is 297 g/mol. The third-order valence-corrected chi connectivity index (χ3v) is 4.09. The average molecular weight is 298 g/mol. The van der Waals surface area contributed by atoms with Crippen LogP contribution >= 0.6 is 11.6 Å². The Bertz CT molecular complexity index is 493. The molecule has 110 valence electrons. The Labute approximate surface area is 123 Å². The standard InChI is InChI=1S/C14H20ClN3O2/c15-11-7-9(14(16)18-20)5-6-10(11)8-17-12-3-1-2-4-13(12)19/h5-7,12-13,17,19-20H,1-4,8H2,(H2,16,18). The highest BCUT2D eigenvalue weighted by molar-refractivity contribution is 6.31. The van der Waals surface area contributed by atoms with Gasteiger partial charge in [-0.25, -0.2) is 0 Å². The largest absolute Gasteiger partial charge is 0.409 e. The van der Waals surface area contributed by atoms with Crippen molar-refractivity contribution >= 4 is 17.4 Å². The fourth-order valence-corrected chi connectivity index (χ4v) is 2.75. The molecule has 1 aliphatic rings. The van der Waals surface area contributed by atoms with Crippen LogP contribution in [0.2, 0.25) is 5.02 Å². The number of hydrogen-bond acceptors (Lipinski definition) is 4. The van der Waals surface area contributed by atoms with E-state index < -0.39 is 0 Å². The number of halogens is 1. The Hall–Kier alpha value is -1.30. The predicted octanol–water partition coefficient (Wildman–Crippen LogP) is 1.83. The fourth-order valence-electron chi connectivity index (χ4n) is 2.50. The first-order chi connectivity index (χ1) is 9.61. The van der Waals surface area contributed by atoms with E-state index in [2.05, 4.69) is 10.5 Å². The molecule has 1 saturated carbocycles. The van der Waals surface area contributed by atoms with Crippen molar-refractivity contribution in [2.24, 2.45) is 10.9 Å². The molecule has 0 bridgehead atoms. The summed E-state index contributed by atoms with van der Waals surface area (Å²) in [4.78, 5) is 0. The van der Waals surface area contributed by atoms with Crippen LogP contribution in [0.4, 0.5) is 0 Å². The summed E-state index contributed by atoms with van der Waals surface area (Å²) in [6, 6.07) is 5.40. The van der Waals surface area contributed by atoms with Crippen LogP contribution in [0, 0.1) is 0 Å². The molecule has 1 aliphatic carbocycles. The molecule has 0 radical (unpaired) electrons. The molecule has 0 aromatic heterocycles. The first-order valence-corrected chi connectivity index (χ1v) is 7.17. The summed E-state index contributed by atoms with van der Waals surface area (Å²) in [6.45, 7) is 0.594. The van der Waals surface area contributed by atoms with Gasteiger partial charge in [-0.1, -0.05) is 41.7 Å². The topological polar surface area (TPSA) is 90.9 Å². The molecule has 2 atom stereocenters. The molecule has 0 aliphatic heterocycles. The van der Waals surface area contributed by atoms with Crippen LogP contribution in [0.5, 0.6) is 0 Å². The van der Waals surface area contributed by atoms with Gasteiger partial charge in [0.2, 0.25) is 0 Å². The number of nitrogens with two attached hydrogens (primary N) is 1. The van der Waals surface area contributed by atoms with Gasteiger partial charge in [0.15, 0.2) is 5.84 Å². The van der Waals surface area contributed by atoms with E-state index in [1.54, 1.807) is 12.1 Å². The molecule has 1 aromatic rings. The minimum absolute atomic E-state index is 0.0362. The maximum Gasteiger partial charge on any atom is 0.170 e. The van der Waals surface area contributed by atoms with E-state index >= 15 is 0 Å². The Balaban J connectivity index is 1.99. The molecule has 0 spiro atoms. The molecule has 20 heavy (non-hydrogen) atoms. The summed E-state index contributed by atoms with van der Waals surface area (Å²) in [6.07, 6.45) is 3.80. The summed E-state index contributed by atoms with van der Waals surface area (Å²) >= 11 is 6.19. The van der Waals surface area contributed by atoms with Crippen molar-refractivity contribution in [3.63, 3.8) is 0 Å². The van der Waals surface area contributed by atoms with Gasteiger partial charge in [0.25, 0.3) is 0 Å². The highest BCUT2D eigenvalue weighted by Crippen LogP contribution is 2.21. The Morgan fingerprint density at radius 3 is 2.80 bits per heavy atom. The van der Waals surface area contributed by atoms with Crippen LogP contribution < -0.4 is 11.1 Å². The van der Waals surface area contributed by atoms with Gasteiger partial charge in [-0.3, -0.25) is 0 Å². The Morgan fingerprint density at radius 1 is 1.40 bits per heavy atom. The number of aliphatic hydroxyl groups excluding tert-OH is 1. The van der Waals surface area contributed by atoms with Gasteiger partial charge >= 0.3 is 0 Å². The van der Waals surface area contributed by atoms with E-state index in [9.17, 15) is 5.11 Å². The van der Waals surface area contributed by atoms with Gasteiger partial charge in [-0.05, 0) is 24.5 Å². The molecule has 1 fully saturated rings. The molecule has 5 nitrogen and oxygen atoms in total. The van der Waals surface area contributed by atoms with Crippen molar-refractivity contribution < 1.29 is 10.3 Å². The average Bonchev–Trinajstić information content (AvgIpc) is 2.46. The number of oxime groups is 1. The zero-order valence-electron chi connectivity index (χ0n) is 11.2. The number of rotatable bonds is 4. The molecule has 6 heteroatoms. The lowest BCUT2D eigenvalue weighted by Gasteiger charge is -2.28. The van der Waals surface area contributed by atoms with Crippen LogP contribution in [0.15, 0.2) is 23.4 Å². The van der Waals surface area contributed by atoms with Gasteiger partial charge < -0.3 is 21.4 Å². The normalized spacial score (nSPS) is 23.8. The minimum atomic E-state index is -0.279. The number of hydrogen-bond donors (Lipinski definition) is 4. The molecule has 2 unspecified atom stereocenters. The molecular weight excluding hydrogens is 278 g/mol. The molecule has 0 heterocycles. The lowest BCUT2D eigenvalue weighted by molar-refractivity contribution is 0.0902. The van der Waals surface area contributed by atoms with Gasteiger partial charge in [-0.15, -0.1) is 0 Å². The number of benzene rings is 1. The summed E-state index contributed by atoms with van der Waals surface area (Å²) in [5.41, 5.74) is 7.03. The molecule has 2 rings (SSSR count). The van der Waals surface area contributed by atoms with Crippen LogP contribution in [-0.4, -0.2) is 28.3 Å². The van der Waals surface area contributed by atoms with E-state index in [1.165, 1.54) is 0 Å². The van der Waals surface area contributed by atoms with Crippen molar-refractivity contribution in [3.8, 4) is 0 Å². The second-order valence-corrected chi connectivity index (χ2v) is 5.54. The number of nitrogens with zero attached hydrogens (tertiary/aromatic N) is 1.